The van der Waals surface area contributed by atoms with Gasteiger partial charge in [0.1, 0.15) is 11.4 Å². The van der Waals surface area contributed by atoms with Crippen LogP contribution in [0.1, 0.15) is 30.2 Å². The van der Waals surface area contributed by atoms with E-state index in [-0.39, 0.29) is 11.7 Å². The minimum Gasteiger partial charge on any atom is -0.483 e. The molecule has 1 aromatic carbocycles. The molecule has 0 aliphatic heterocycles. The number of rotatable bonds is 4. The summed E-state index contributed by atoms with van der Waals surface area (Å²) < 4.78 is 7.22. The summed E-state index contributed by atoms with van der Waals surface area (Å²) in [4.78, 5) is 12.5. The van der Waals surface area contributed by atoms with Crippen molar-refractivity contribution in [1.29, 1.82) is 0 Å². The maximum atomic E-state index is 12.0. The van der Waals surface area contributed by atoms with Gasteiger partial charge < -0.3 is 4.74 Å². The molecule has 2 aromatic heterocycles. The van der Waals surface area contributed by atoms with Crippen molar-refractivity contribution in [3.8, 4) is 5.75 Å². The number of ether oxygens (including phenoxy) is 1. The van der Waals surface area contributed by atoms with Crippen LogP contribution >= 0.6 is 11.3 Å². The average Bonchev–Trinajstić information content (AvgIpc) is 2.94. The molecule has 0 bridgehead atoms. The minimum atomic E-state index is -0.239. The molecule has 21 heavy (non-hydrogen) atoms. The van der Waals surface area contributed by atoms with Crippen molar-refractivity contribution in [2.45, 2.75) is 26.4 Å². The maximum absolute atomic E-state index is 12.0. The second-order valence-corrected chi connectivity index (χ2v) is 5.54. The molecule has 1 atom stereocenters. The summed E-state index contributed by atoms with van der Waals surface area (Å²) >= 11 is 1.33. The first-order chi connectivity index (χ1) is 10.2. The highest BCUT2D eigenvalue weighted by atomic mass is 32.1. The smallest absolute Gasteiger partial charge is 0.296 e. The number of hydrogen-bond donors (Lipinski definition) is 0. The molecular weight excluding hydrogens is 288 g/mol. The Morgan fingerprint density at radius 3 is 2.76 bits per heavy atom. The fourth-order valence-electron chi connectivity index (χ4n) is 1.91. The van der Waals surface area contributed by atoms with Crippen LogP contribution in [-0.2, 0) is 0 Å². The van der Waals surface area contributed by atoms with Gasteiger partial charge in [0.15, 0.2) is 11.1 Å². The fraction of sp³-hybridized carbons (Fsp3) is 0.286. The Balaban J connectivity index is 1.98. The molecule has 0 N–H and O–H groups in total. The number of aromatic nitrogens is 4. The lowest BCUT2D eigenvalue weighted by Gasteiger charge is -2.14. The molecule has 0 aliphatic carbocycles. The van der Waals surface area contributed by atoms with Gasteiger partial charge in [-0.05, 0) is 25.5 Å². The third-order valence-electron chi connectivity index (χ3n) is 3.03. The zero-order valence-corrected chi connectivity index (χ0v) is 12.5. The lowest BCUT2D eigenvalue weighted by atomic mass is 10.3. The van der Waals surface area contributed by atoms with Crippen molar-refractivity contribution in [3.63, 3.8) is 0 Å². The second-order valence-electron chi connectivity index (χ2n) is 4.55. The van der Waals surface area contributed by atoms with Gasteiger partial charge in [0.2, 0.25) is 4.96 Å². The first-order valence-corrected chi connectivity index (χ1v) is 7.45. The molecule has 0 spiro atoms. The summed E-state index contributed by atoms with van der Waals surface area (Å²) in [5.41, 5.74) is 0.0958. The zero-order valence-electron chi connectivity index (χ0n) is 11.7. The van der Waals surface area contributed by atoms with E-state index in [4.69, 9.17) is 4.74 Å². The van der Waals surface area contributed by atoms with E-state index in [0.717, 1.165) is 17.2 Å². The first-order valence-electron chi connectivity index (χ1n) is 6.63. The van der Waals surface area contributed by atoms with Crippen molar-refractivity contribution in [2.24, 2.45) is 0 Å². The fourth-order valence-corrected chi connectivity index (χ4v) is 2.86. The van der Waals surface area contributed by atoms with Crippen molar-refractivity contribution in [3.05, 3.63) is 51.4 Å². The largest absolute Gasteiger partial charge is 0.483 e. The van der Waals surface area contributed by atoms with Gasteiger partial charge in [-0.3, -0.25) is 4.79 Å². The van der Waals surface area contributed by atoms with Crippen molar-refractivity contribution < 1.29 is 4.74 Å². The summed E-state index contributed by atoms with van der Waals surface area (Å²) in [6.45, 7) is 3.64. The molecular formula is C14H14N4O2S. The van der Waals surface area contributed by atoms with E-state index in [1.54, 1.807) is 6.92 Å². The molecule has 0 aliphatic rings. The van der Waals surface area contributed by atoms with Gasteiger partial charge in [-0.2, -0.15) is 9.61 Å². The molecule has 7 heteroatoms. The third-order valence-corrected chi connectivity index (χ3v) is 4.02. The molecule has 6 nitrogen and oxygen atoms in total. The lowest BCUT2D eigenvalue weighted by molar-refractivity contribution is 0.199. The number of aryl methyl sites for hydroxylation is 1. The van der Waals surface area contributed by atoms with E-state index in [1.807, 2.05) is 37.3 Å². The van der Waals surface area contributed by atoms with Gasteiger partial charge >= 0.3 is 0 Å². The van der Waals surface area contributed by atoms with Crippen LogP contribution in [-0.4, -0.2) is 19.8 Å². The molecule has 0 fully saturated rings. The van der Waals surface area contributed by atoms with Crippen molar-refractivity contribution in [1.82, 2.24) is 19.8 Å². The predicted octanol–water partition coefficient (Wildman–Crippen LogP) is 2.38. The Bertz CT molecular complexity index is 813. The molecule has 0 saturated heterocycles. The van der Waals surface area contributed by atoms with Gasteiger partial charge in [0, 0.05) is 0 Å². The highest BCUT2D eigenvalue weighted by Gasteiger charge is 2.18. The van der Waals surface area contributed by atoms with Crippen molar-refractivity contribution in [2.75, 3.05) is 0 Å². The van der Waals surface area contributed by atoms with Crippen molar-refractivity contribution >= 4 is 16.3 Å². The standard InChI is InChI=1S/C14H14N4O2S/c1-3-11(20-10-7-5-4-6-8-10)12-17-18-13(19)9(2)15-16-14(18)21-12/h4-8,11H,3H2,1-2H3. The normalized spacial score (nSPS) is 12.5. The number of hydrogen-bond acceptors (Lipinski definition) is 6. The molecule has 1 unspecified atom stereocenters. The first kappa shape index (κ1) is 13.7. The zero-order chi connectivity index (χ0) is 14.8. The van der Waals surface area contributed by atoms with E-state index in [1.165, 1.54) is 15.9 Å². The predicted molar refractivity (Wildman–Crippen MR) is 79.8 cm³/mol. The quantitative estimate of drug-likeness (QED) is 0.740. The molecule has 0 amide bonds. The SMILES string of the molecule is CCC(Oc1ccccc1)c1nn2c(=O)c(C)nnc2s1. The highest BCUT2D eigenvalue weighted by molar-refractivity contribution is 7.16. The van der Waals surface area contributed by atoms with Crippen LogP contribution in [0.15, 0.2) is 35.1 Å². The summed E-state index contributed by atoms with van der Waals surface area (Å²) in [7, 11) is 0. The summed E-state index contributed by atoms with van der Waals surface area (Å²) in [5.74, 6) is 0.776. The van der Waals surface area contributed by atoms with Gasteiger partial charge in [0.05, 0.1) is 0 Å². The van der Waals surface area contributed by atoms with Crippen LogP contribution < -0.4 is 10.3 Å². The van der Waals surface area contributed by atoms with E-state index >= 15 is 0 Å². The number of benzene rings is 1. The average molecular weight is 302 g/mol. The summed E-state index contributed by atoms with van der Waals surface area (Å²) in [5, 5.41) is 12.9. The van der Waals surface area contributed by atoms with Gasteiger partial charge in [0.25, 0.3) is 5.56 Å². The number of fused-ring (bicyclic) bond motifs is 1. The van der Waals surface area contributed by atoms with E-state index in [2.05, 4.69) is 15.3 Å². The number of nitrogens with zero attached hydrogens (tertiary/aromatic N) is 4. The van der Waals surface area contributed by atoms with E-state index in [9.17, 15) is 4.79 Å². The van der Waals surface area contributed by atoms with Crippen LogP contribution in [0.5, 0.6) is 5.75 Å². The highest BCUT2D eigenvalue weighted by Crippen LogP contribution is 2.27. The maximum Gasteiger partial charge on any atom is 0.296 e. The second kappa shape index (κ2) is 5.61. The Kier molecular flexibility index (Phi) is 3.66. The monoisotopic (exact) mass is 302 g/mol. The van der Waals surface area contributed by atoms with E-state index in [0.29, 0.717) is 10.7 Å². The molecule has 3 aromatic rings. The van der Waals surface area contributed by atoms with Gasteiger partial charge in [-0.25, -0.2) is 0 Å². The van der Waals surface area contributed by atoms with Crippen LogP contribution in [0.4, 0.5) is 0 Å². The van der Waals surface area contributed by atoms with E-state index < -0.39 is 0 Å². The molecule has 108 valence electrons. The summed E-state index contributed by atoms with van der Waals surface area (Å²) in [6.07, 6.45) is 0.536. The van der Waals surface area contributed by atoms with Crippen LogP contribution in [0.25, 0.3) is 4.96 Å². The summed E-state index contributed by atoms with van der Waals surface area (Å²) in [6, 6.07) is 9.56. The Labute approximate surface area is 125 Å². The van der Waals surface area contributed by atoms with Gasteiger partial charge in [-0.1, -0.05) is 36.5 Å². The molecule has 2 heterocycles. The van der Waals surface area contributed by atoms with Gasteiger partial charge in [-0.15, -0.1) is 10.2 Å². The Morgan fingerprint density at radius 2 is 2.05 bits per heavy atom. The molecule has 0 saturated carbocycles. The van der Waals surface area contributed by atoms with Crippen LogP contribution in [0.3, 0.4) is 0 Å². The topological polar surface area (TPSA) is 69.4 Å². The van der Waals surface area contributed by atoms with Crippen LogP contribution in [0, 0.1) is 6.92 Å². The molecule has 3 rings (SSSR count). The Hall–Kier alpha value is -2.28. The Morgan fingerprint density at radius 1 is 1.29 bits per heavy atom. The third kappa shape index (κ3) is 2.64. The number of para-hydroxylation sites is 1. The minimum absolute atomic E-state index is 0.209. The van der Waals surface area contributed by atoms with Crippen LogP contribution in [0.2, 0.25) is 0 Å². The lowest BCUT2D eigenvalue weighted by Crippen LogP contribution is -2.19. The molecule has 0 radical (unpaired) electrons.